The summed E-state index contributed by atoms with van der Waals surface area (Å²) in [5.41, 5.74) is 0. The molecule has 0 aliphatic rings. The van der Waals surface area contributed by atoms with Crippen molar-refractivity contribution in [2.24, 2.45) is 0 Å². The summed E-state index contributed by atoms with van der Waals surface area (Å²) < 4.78 is 16.9. The maximum Gasteiger partial charge on any atom is 0.306 e. The van der Waals surface area contributed by atoms with Crippen molar-refractivity contribution in [3.8, 4) is 0 Å². The number of hydrogen-bond acceptors (Lipinski definition) is 6. The first-order valence-corrected chi connectivity index (χ1v) is 29.8. The first kappa shape index (κ1) is 66.1. The van der Waals surface area contributed by atoms with Crippen molar-refractivity contribution < 1.29 is 28.6 Å². The van der Waals surface area contributed by atoms with Crippen molar-refractivity contribution in [3.05, 3.63) is 60.8 Å². The van der Waals surface area contributed by atoms with E-state index in [1.807, 2.05) is 0 Å². The van der Waals surface area contributed by atoms with E-state index >= 15 is 0 Å². The van der Waals surface area contributed by atoms with Gasteiger partial charge in [0.1, 0.15) is 13.2 Å². The predicted octanol–water partition coefficient (Wildman–Crippen LogP) is 20.0. The number of unbranched alkanes of at least 4 members (excludes halogenated alkanes) is 33. The number of esters is 3. The Bertz CT molecular complexity index is 1250. The van der Waals surface area contributed by atoms with E-state index in [1.165, 1.54) is 167 Å². The second-order valence-corrected chi connectivity index (χ2v) is 19.9. The average Bonchev–Trinajstić information content (AvgIpc) is 3.35. The molecule has 0 bridgehead atoms. The monoisotopic (exact) mass is 965 g/mol. The highest BCUT2D eigenvalue weighted by molar-refractivity contribution is 5.71. The molecule has 0 spiro atoms. The molecule has 0 saturated heterocycles. The molecule has 0 amide bonds. The fourth-order valence-electron chi connectivity index (χ4n) is 8.59. The van der Waals surface area contributed by atoms with Crippen molar-refractivity contribution in [3.63, 3.8) is 0 Å². The van der Waals surface area contributed by atoms with Crippen LogP contribution in [0.3, 0.4) is 0 Å². The van der Waals surface area contributed by atoms with E-state index in [1.54, 1.807) is 0 Å². The van der Waals surface area contributed by atoms with E-state index < -0.39 is 6.10 Å². The van der Waals surface area contributed by atoms with E-state index in [4.69, 9.17) is 14.2 Å². The third kappa shape index (κ3) is 55.9. The molecule has 69 heavy (non-hydrogen) atoms. The molecule has 0 N–H and O–H groups in total. The summed E-state index contributed by atoms with van der Waals surface area (Å²) in [6.07, 6.45) is 72.1. The maximum atomic E-state index is 12.9. The van der Waals surface area contributed by atoms with Gasteiger partial charge in [-0.25, -0.2) is 0 Å². The fourth-order valence-corrected chi connectivity index (χ4v) is 8.59. The summed E-state index contributed by atoms with van der Waals surface area (Å²) in [7, 11) is 0. The molecule has 400 valence electrons. The van der Waals surface area contributed by atoms with Crippen LogP contribution in [0.25, 0.3) is 0 Å². The molecule has 0 saturated carbocycles. The van der Waals surface area contributed by atoms with Crippen LogP contribution in [0.5, 0.6) is 0 Å². The second-order valence-electron chi connectivity index (χ2n) is 19.9. The van der Waals surface area contributed by atoms with Gasteiger partial charge in [0.2, 0.25) is 0 Å². The Labute approximate surface area is 428 Å². The van der Waals surface area contributed by atoms with E-state index in [0.717, 1.165) is 96.3 Å². The summed E-state index contributed by atoms with van der Waals surface area (Å²) in [6.45, 7) is 6.54. The van der Waals surface area contributed by atoms with Gasteiger partial charge >= 0.3 is 17.9 Å². The van der Waals surface area contributed by atoms with Gasteiger partial charge in [0, 0.05) is 19.3 Å². The van der Waals surface area contributed by atoms with E-state index in [2.05, 4.69) is 81.5 Å². The van der Waals surface area contributed by atoms with E-state index in [9.17, 15) is 14.4 Å². The van der Waals surface area contributed by atoms with Crippen molar-refractivity contribution >= 4 is 17.9 Å². The first-order chi connectivity index (χ1) is 34.0. The van der Waals surface area contributed by atoms with Crippen LogP contribution >= 0.6 is 0 Å². The standard InChI is InChI=1S/C63H112O6/c1-4-7-10-13-16-19-22-25-28-31-32-33-36-38-41-44-47-50-53-56-62(65)68-59-60(69-63(66)57-54-51-48-45-42-39-35-30-27-24-21-18-15-12-9-6-3)58-67-61(64)55-52-49-46-43-40-37-34-29-26-23-20-17-14-11-8-5-2/h7,10,16,19,25,28,32-33,38,41,60H,4-6,8-9,11-15,17-18,20-24,26-27,29-31,34-37,39-40,42-59H2,1-3H3/b10-7+,19-16+,28-25+,33-32+,41-38+/t60-/m1/s1. The van der Waals surface area contributed by atoms with Crippen molar-refractivity contribution in [1.29, 1.82) is 0 Å². The number of carbonyl (C=O) groups is 3. The van der Waals surface area contributed by atoms with Gasteiger partial charge in [0.15, 0.2) is 6.10 Å². The molecule has 0 aromatic rings. The van der Waals surface area contributed by atoms with Crippen LogP contribution in [-0.2, 0) is 28.6 Å². The molecule has 0 heterocycles. The Morgan fingerprint density at radius 1 is 0.304 bits per heavy atom. The molecule has 6 nitrogen and oxygen atoms in total. The van der Waals surface area contributed by atoms with Crippen molar-refractivity contribution in [2.75, 3.05) is 13.2 Å². The number of hydrogen-bond donors (Lipinski definition) is 0. The smallest absolute Gasteiger partial charge is 0.306 e. The lowest BCUT2D eigenvalue weighted by Gasteiger charge is -2.18. The van der Waals surface area contributed by atoms with Gasteiger partial charge < -0.3 is 14.2 Å². The molecule has 0 aromatic heterocycles. The molecular formula is C63H112O6. The van der Waals surface area contributed by atoms with Crippen LogP contribution < -0.4 is 0 Å². The fraction of sp³-hybridized carbons (Fsp3) is 0.794. The van der Waals surface area contributed by atoms with Crippen molar-refractivity contribution in [2.45, 2.75) is 309 Å². The Hall–Kier alpha value is -2.89. The van der Waals surface area contributed by atoms with Crippen LogP contribution in [-0.4, -0.2) is 37.2 Å². The van der Waals surface area contributed by atoms with Gasteiger partial charge in [0.05, 0.1) is 0 Å². The normalized spacial score (nSPS) is 12.4. The molecular weight excluding hydrogens is 853 g/mol. The maximum absolute atomic E-state index is 12.9. The number of carbonyl (C=O) groups excluding carboxylic acids is 3. The summed E-state index contributed by atoms with van der Waals surface area (Å²) in [5.74, 6) is -0.897. The molecule has 1 atom stereocenters. The van der Waals surface area contributed by atoms with E-state index in [0.29, 0.717) is 19.3 Å². The third-order valence-electron chi connectivity index (χ3n) is 13.0. The zero-order chi connectivity index (χ0) is 50.0. The Morgan fingerprint density at radius 3 is 0.884 bits per heavy atom. The number of rotatable bonds is 54. The van der Waals surface area contributed by atoms with Gasteiger partial charge in [-0.05, 0) is 64.2 Å². The molecule has 0 fully saturated rings. The molecule has 0 rings (SSSR count). The highest BCUT2D eigenvalue weighted by Crippen LogP contribution is 2.17. The minimum atomic E-state index is -0.785. The zero-order valence-corrected chi connectivity index (χ0v) is 45.8. The number of ether oxygens (including phenoxy) is 3. The van der Waals surface area contributed by atoms with Gasteiger partial charge in [0.25, 0.3) is 0 Å². The lowest BCUT2D eigenvalue weighted by atomic mass is 10.0. The molecule has 0 radical (unpaired) electrons. The highest BCUT2D eigenvalue weighted by atomic mass is 16.6. The first-order valence-electron chi connectivity index (χ1n) is 29.8. The van der Waals surface area contributed by atoms with Crippen LogP contribution in [0.4, 0.5) is 0 Å². The van der Waals surface area contributed by atoms with Gasteiger partial charge in [-0.2, -0.15) is 0 Å². The Balaban J connectivity index is 4.40. The summed E-state index contributed by atoms with van der Waals surface area (Å²) in [5, 5.41) is 0. The predicted molar refractivity (Wildman–Crippen MR) is 298 cm³/mol. The van der Waals surface area contributed by atoms with Gasteiger partial charge in [-0.15, -0.1) is 0 Å². The minimum absolute atomic E-state index is 0.0804. The van der Waals surface area contributed by atoms with Crippen LogP contribution in [0, 0.1) is 0 Å². The summed E-state index contributed by atoms with van der Waals surface area (Å²) in [6, 6.07) is 0. The zero-order valence-electron chi connectivity index (χ0n) is 45.8. The Morgan fingerprint density at radius 2 is 0.565 bits per heavy atom. The van der Waals surface area contributed by atoms with Crippen LogP contribution in [0.2, 0.25) is 0 Å². The molecule has 0 aromatic carbocycles. The lowest BCUT2D eigenvalue weighted by molar-refractivity contribution is -0.167. The van der Waals surface area contributed by atoms with Crippen molar-refractivity contribution in [1.82, 2.24) is 0 Å². The summed E-state index contributed by atoms with van der Waals surface area (Å²) in [4.78, 5) is 38.2. The molecule has 0 aliphatic carbocycles. The summed E-state index contributed by atoms with van der Waals surface area (Å²) >= 11 is 0. The molecule has 6 heteroatoms. The van der Waals surface area contributed by atoms with Crippen LogP contribution in [0.15, 0.2) is 60.8 Å². The highest BCUT2D eigenvalue weighted by Gasteiger charge is 2.19. The topological polar surface area (TPSA) is 78.9 Å². The van der Waals surface area contributed by atoms with Gasteiger partial charge in [-0.3, -0.25) is 14.4 Å². The lowest BCUT2D eigenvalue weighted by Crippen LogP contribution is -2.30. The third-order valence-corrected chi connectivity index (χ3v) is 13.0. The van der Waals surface area contributed by atoms with Gasteiger partial charge in [-0.1, -0.05) is 281 Å². The Kier molecular flexibility index (Phi) is 55.3. The van der Waals surface area contributed by atoms with E-state index in [-0.39, 0.29) is 31.1 Å². The number of allylic oxidation sites excluding steroid dienone is 10. The largest absolute Gasteiger partial charge is 0.462 e. The quantitative estimate of drug-likeness (QED) is 0.0262. The average molecular weight is 966 g/mol. The minimum Gasteiger partial charge on any atom is -0.462 e. The molecule has 0 aliphatic heterocycles. The second kappa shape index (κ2) is 57.7. The van der Waals surface area contributed by atoms with Crippen LogP contribution in [0.1, 0.15) is 303 Å². The molecule has 0 unspecified atom stereocenters. The SMILES string of the molecule is CC/C=C/C/C=C/C/C=C/C/C=C/C/C=C/CCCCCC(=O)OC[C@@H](COC(=O)CCCCCCCCCCCCCCCCCC)OC(=O)CCCCCCCCCCCCCCCCCC.